The summed E-state index contributed by atoms with van der Waals surface area (Å²) in [5, 5.41) is 8.42. The predicted molar refractivity (Wildman–Crippen MR) is 65.4 cm³/mol. The van der Waals surface area contributed by atoms with Crippen LogP contribution in [0.4, 0.5) is 0 Å². The molecule has 1 aromatic carbocycles. The number of hydrogen-bond acceptors (Lipinski definition) is 3. The fourth-order valence-corrected chi connectivity index (χ4v) is 2.32. The van der Waals surface area contributed by atoms with Gasteiger partial charge in [0.25, 0.3) is 0 Å². The average Bonchev–Trinajstić information content (AvgIpc) is 2.22. The second kappa shape index (κ2) is 5.25. The Balaban J connectivity index is 2.98. The summed E-state index contributed by atoms with van der Waals surface area (Å²) in [5.74, 6) is 0.0442. The third-order valence-corrected chi connectivity index (χ3v) is 3.59. The summed E-state index contributed by atoms with van der Waals surface area (Å²) in [6.07, 6.45) is 0. The quantitative estimate of drug-likeness (QED) is 0.822. The van der Waals surface area contributed by atoms with E-state index < -0.39 is 11.2 Å². The van der Waals surface area contributed by atoms with Gasteiger partial charge in [-0.05, 0) is 44.0 Å². The molecule has 0 aliphatic heterocycles. The zero-order valence-electron chi connectivity index (χ0n) is 9.90. The van der Waals surface area contributed by atoms with E-state index in [1.807, 2.05) is 26.0 Å². The van der Waals surface area contributed by atoms with Crippen molar-refractivity contribution in [3.8, 4) is 5.75 Å². The van der Waals surface area contributed by atoms with Crippen LogP contribution in [0.1, 0.15) is 18.1 Å². The molecule has 1 aromatic rings. The smallest absolute Gasteiger partial charge is 0.316 e. The highest BCUT2D eigenvalue weighted by atomic mass is 32.2. The Kier molecular flexibility index (Phi) is 4.24. The van der Waals surface area contributed by atoms with Crippen molar-refractivity contribution in [3.05, 3.63) is 23.3 Å². The molecule has 4 heteroatoms. The second-order valence-electron chi connectivity index (χ2n) is 3.69. The molecule has 1 N–H and O–H groups in total. The Morgan fingerprint density at radius 3 is 2.50 bits per heavy atom. The van der Waals surface area contributed by atoms with Crippen LogP contribution in [0.2, 0.25) is 0 Å². The lowest BCUT2D eigenvalue weighted by molar-refractivity contribution is -0.136. The number of thioether (sulfide) groups is 1. The van der Waals surface area contributed by atoms with Crippen molar-refractivity contribution in [3.63, 3.8) is 0 Å². The first kappa shape index (κ1) is 12.9. The lowest BCUT2D eigenvalue weighted by Crippen LogP contribution is -2.11. The highest BCUT2D eigenvalue weighted by Crippen LogP contribution is 2.31. The van der Waals surface area contributed by atoms with Crippen LogP contribution in [0.15, 0.2) is 17.0 Å². The number of carboxylic acids is 1. The molecule has 0 aromatic heterocycles. The summed E-state index contributed by atoms with van der Waals surface area (Å²) in [6.45, 7) is 5.60. The van der Waals surface area contributed by atoms with Crippen LogP contribution in [0, 0.1) is 13.8 Å². The topological polar surface area (TPSA) is 46.5 Å². The largest absolute Gasteiger partial charge is 0.496 e. The van der Waals surface area contributed by atoms with Gasteiger partial charge in [-0.15, -0.1) is 11.8 Å². The van der Waals surface area contributed by atoms with E-state index in [0.29, 0.717) is 0 Å². The van der Waals surface area contributed by atoms with Crippen LogP contribution in [-0.2, 0) is 4.79 Å². The predicted octanol–water partition coefficient (Wildman–Crippen LogP) is 2.88. The fourth-order valence-electron chi connectivity index (χ4n) is 1.35. The number of carboxylic acid groups (broad SMARTS) is 1. The van der Waals surface area contributed by atoms with Gasteiger partial charge in [-0.2, -0.15) is 0 Å². The summed E-state index contributed by atoms with van der Waals surface area (Å²) >= 11 is 1.36. The first-order valence-electron chi connectivity index (χ1n) is 5.00. The number of hydrogen-bond donors (Lipinski definition) is 1. The summed E-state index contributed by atoms with van der Waals surface area (Å²) in [6, 6.07) is 3.91. The summed E-state index contributed by atoms with van der Waals surface area (Å²) in [5.41, 5.74) is 2.06. The van der Waals surface area contributed by atoms with E-state index in [1.54, 1.807) is 14.0 Å². The number of aliphatic carboxylic acids is 1. The Morgan fingerprint density at radius 1 is 1.38 bits per heavy atom. The van der Waals surface area contributed by atoms with Crippen LogP contribution in [0.5, 0.6) is 5.75 Å². The van der Waals surface area contributed by atoms with Crippen LogP contribution < -0.4 is 4.74 Å². The zero-order chi connectivity index (χ0) is 12.3. The standard InChI is InChI=1S/C12H16O3S/c1-7-6-11(16-9(3)12(13)14)8(2)5-10(7)15-4/h5-6,9H,1-4H3,(H,13,14). The SMILES string of the molecule is COc1cc(C)c(SC(C)C(=O)O)cc1C. The lowest BCUT2D eigenvalue weighted by Gasteiger charge is -2.12. The van der Waals surface area contributed by atoms with Crippen molar-refractivity contribution in [2.45, 2.75) is 30.9 Å². The van der Waals surface area contributed by atoms with Gasteiger partial charge in [0, 0.05) is 4.90 Å². The van der Waals surface area contributed by atoms with E-state index in [1.165, 1.54) is 11.8 Å². The molecule has 1 rings (SSSR count). The molecule has 88 valence electrons. The maximum Gasteiger partial charge on any atom is 0.316 e. The molecular weight excluding hydrogens is 224 g/mol. The van der Waals surface area contributed by atoms with Gasteiger partial charge in [-0.25, -0.2) is 0 Å². The third-order valence-electron chi connectivity index (χ3n) is 2.34. The van der Waals surface area contributed by atoms with Gasteiger partial charge in [-0.1, -0.05) is 0 Å². The number of aryl methyl sites for hydroxylation is 2. The van der Waals surface area contributed by atoms with E-state index in [-0.39, 0.29) is 0 Å². The monoisotopic (exact) mass is 240 g/mol. The molecular formula is C12H16O3S. The van der Waals surface area contributed by atoms with E-state index in [2.05, 4.69) is 0 Å². The van der Waals surface area contributed by atoms with E-state index in [4.69, 9.17) is 9.84 Å². The molecule has 0 radical (unpaired) electrons. The lowest BCUT2D eigenvalue weighted by atomic mass is 10.1. The number of benzene rings is 1. The Bertz CT molecular complexity index is 401. The minimum Gasteiger partial charge on any atom is -0.496 e. The number of rotatable bonds is 4. The van der Waals surface area contributed by atoms with Crippen molar-refractivity contribution in [1.29, 1.82) is 0 Å². The maximum absolute atomic E-state index is 10.8. The van der Waals surface area contributed by atoms with Crippen LogP contribution in [-0.4, -0.2) is 23.4 Å². The minimum absolute atomic E-state index is 0.438. The molecule has 0 spiro atoms. The summed E-state index contributed by atoms with van der Waals surface area (Å²) in [4.78, 5) is 11.8. The van der Waals surface area contributed by atoms with Gasteiger partial charge in [0.2, 0.25) is 0 Å². The highest BCUT2D eigenvalue weighted by molar-refractivity contribution is 8.00. The molecule has 0 aliphatic rings. The third kappa shape index (κ3) is 2.92. The molecule has 1 atom stereocenters. The number of methoxy groups -OCH3 is 1. The first-order valence-corrected chi connectivity index (χ1v) is 5.88. The van der Waals surface area contributed by atoms with E-state index in [9.17, 15) is 4.79 Å². The number of ether oxygens (including phenoxy) is 1. The molecule has 3 nitrogen and oxygen atoms in total. The maximum atomic E-state index is 10.8. The minimum atomic E-state index is -0.794. The summed E-state index contributed by atoms with van der Waals surface area (Å²) in [7, 11) is 1.63. The van der Waals surface area contributed by atoms with Gasteiger partial charge in [0.15, 0.2) is 0 Å². The van der Waals surface area contributed by atoms with Gasteiger partial charge in [0.1, 0.15) is 11.0 Å². The Morgan fingerprint density at radius 2 is 2.00 bits per heavy atom. The van der Waals surface area contributed by atoms with Crippen molar-refractivity contribution in [1.82, 2.24) is 0 Å². The first-order chi connectivity index (χ1) is 7.45. The van der Waals surface area contributed by atoms with E-state index in [0.717, 1.165) is 21.8 Å². The molecule has 0 saturated heterocycles. The Hall–Kier alpha value is -1.16. The van der Waals surface area contributed by atoms with Crippen LogP contribution >= 0.6 is 11.8 Å². The molecule has 0 bridgehead atoms. The normalized spacial score (nSPS) is 12.2. The van der Waals surface area contributed by atoms with Gasteiger partial charge in [0.05, 0.1) is 7.11 Å². The highest BCUT2D eigenvalue weighted by Gasteiger charge is 2.14. The van der Waals surface area contributed by atoms with Crippen molar-refractivity contribution in [2.24, 2.45) is 0 Å². The summed E-state index contributed by atoms with van der Waals surface area (Å²) < 4.78 is 5.21. The fraction of sp³-hybridized carbons (Fsp3) is 0.417. The molecule has 0 fully saturated rings. The van der Waals surface area contributed by atoms with E-state index >= 15 is 0 Å². The molecule has 0 amide bonds. The van der Waals surface area contributed by atoms with Crippen molar-refractivity contribution >= 4 is 17.7 Å². The molecule has 0 aliphatic carbocycles. The zero-order valence-corrected chi connectivity index (χ0v) is 10.7. The van der Waals surface area contributed by atoms with Gasteiger partial charge < -0.3 is 9.84 Å². The van der Waals surface area contributed by atoms with Crippen LogP contribution in [0.25, 0.3) is 0 Å². The number of carbonyl (C=O) groups is 1. The van der Waals surface area contributed by atoms with Crippen molar-refractivity contribution < 1.29 is 14.6 Å². The van der Waals surface area contributed by atoms with Crippen molar-refractivity contribution in [2.75, 3.05) is 7.11 Å². The molecule has 0 heterocycles. The van der Waals surface area contributed by atoms with Gasteiger partial charge in [-0.3, -0.25) is 4.79 Å². The molecule has 16 heavy (non-hydrogen) atoms. The average molecular weight is 240 g/mol. The second-order valence-corrected chi connectivity index (χ2v) is 5.07. The Labute approximate surface area is 99.8 Å². The molecule has 0 saturated carbocycles. The van der Waals surface area contributed by atoms with Crippen LogP contribution in [0.3, 0.4) is 0 Å². The van der Waals surface area contributed by atoms with Gasteiger partial charge >= 0.3 is 5.97 Å². The molecule has 1 unspecified atom stereocenters.